The van der Waals surface area contributed by atoms with Crippen molar-refractivity contribution in [2.75, 3.05) is 33.7 Å². The molecule has 1 fully saturated rings. The van der Waals surface area contributed by atoms with Crippen LogP contribution in [0.3, 0.4) is 0 Å². The molecule has 0 spiro atoms. The van der Waals surface area contributed by atoms with Gasteiger partial charge in [-0.3, -0.25) is 4.79 Å². The van der Waals surface area contributed by atoms with Gasteiger partial charge in [0.15, 0.2) is 5.78 Å². The molecule has 19 heavy (non-hydrogen) atoms. The van der Waals surface area contributed by atoms with Gasteiger partial charge >= 0.3 is 0 Å². The first-order chi connectivity index (χ1) is 8.95. The SMILES string of the molecule is CN1CCN(C)C(CC(=O)c2cc(F)cc(F)c2)C1. The number of benzene rings is 1. The van der Waals surface area contributed by atoms with Crippen molar-refractivity contribution in [2.45, 2.75) is 12.5 Å². The molecule has 5 heteroatoms. The normalized spacial score (nSPS) is 21.6. The van der Waals surface area contributed by atoms with E-state index in [4.69, 9.17) is 0 Å². The van der Waals surface area contributed by atoms with Gasteiger partial charge in [0, 0.05) is 43.7 Å². The highest BCUT2D eigenvalue weighted by Gasteiger charge is 2.25. The molecule has 0 bridgehead atoms. The average molecular weight is 268 g/mol. The van der Waals surface area contributed by atoms with E-state index in [1.54, 1.807) is 0 Å². The molecule has 0 N–H and O–H groups in total. The number of ketones is 1. The second-order valence-electron chi connectivity index (χ2n) is 5.18. The van der Waals surface area contributed by atoms with E-state index < -0.39 is 11.6 Å². The molecule has 3 nitrogen and oxygen atoms in total. The number of nitrogens with zero attached hydrogens (tertiary/aromatic N) is 2. The number of rotatable bonds is 3. The van der Waals surface area contributed by atoms with Crippen LogP contribution in [0.25, 0.3) is 0 Å². The van der Waals surface area contributed by atoms with Crippen molar-refractivity contribution in [3.63, 3.8) is 0 Å². The summed E-state index contributed by atoms with van der Waals surface area (Å²) in [4.78, 5) is 16.4. The second kappa shape index (κ2) is 5.75. The summed E-state index contributed by atoms with van der Waals surface area (Å²) in [6.07, 6.45) is 0.281. The zero-order chi connectivity index (χ0) is 14.0. The van der Waals surface area contributed by atoms with Crippen molar-refractivity contribution in [2.24, 2.45) is 0 Å². The van der Waals surface area contributed by atoms with E-state index >= 15 is 0 Å². The highest BCUT2D eigenvalue weighted by molar-refractivity contribution is 5.96. The minimum absolute atomic E-state index is 0.0950. The third-order valence-corrected chi connectivity index (χ3v) is 3.59. The van der Waals surface area contributed by atoms with Crippen molar-refractivity contribution in [1.82, 2.24) is 9.80 Å². The number of hydrogen-bond donors (Lipinski definition) is 0. The largest absolute Gasteiger partial charge is 0.304 e. The molecular weight excluding hydrogens is 250 g/mol. The minimum atomic E-state index is -0.711. The molecule has 1 heterocycles. The zero-order valence-electron chi connectivity index (χ0n) is 11.2. The van der Waals surface area contributed by atoms with Crippen molar-refractivity contribution < 1.29 is 13.6 Å². The lowest BCUT2D eigenvalue weighted by Gasteiger charge is -2.37. The van der Waals surface area contributed by atoms with Gasteiger partial charge in [-0.25, -0.2) is 8.78 Å². The molecule has 104 valence electrons. The highest BCUT2D eigenvalue weighted by Crippen LogP contribution is 2.15. The van der Waals surface area contributed by atoms with Crippen molar-refractivity contribution >= 4 is 5.78 Å². The number of hydrogen-bond acceptors (Lipinski definition) is 3. The molecule has 1 atom stereocenters. The molecule has 0 radical (unpaired) electrons. The fourth-order valence-corrected chi connectivity index (χ4v) is 2.37. The maximum Gasteiger partial charge on any atom is 0.164 e. The van der Waals surface area contributed by atoms with Gasteiger partial charge in [0.2, 0.25) is 0 Å². The molecule has 1 aromatic carbocycles. The van der Waals surface area contributed by atoms with Crippen LogP contribution in [0.5, 0.6) is 0 Å². The number of halogens is 2. The summed E-state index contributed by atoms with van der Waals surface area (Å²) in [5.41, 5.74) is 0.110. The molecule has 1 aliphatic heterocycles. The molecular formula is C14H18F2N2O. The van der Waals surface area contributed by atoms with Gasteiger partial charge in [-0.15, -0.1) is 0 Å². The van der Waals surface area contributed by atoms with E-state index in [-0.39, 0.29) is 23.8 Å². The first-order valence-corrected chi connectivity index (χ1v) is 6.34. The standard InChI is InChI=1S/C14H18F2N2O/c1-17-3-4-18(2)13(9-17)8-14(19)10-5-11(15)7-12(16)6-10/h5-7,13H,3-4,8-9H2,1-2H3. The Bertz CT molecular complexity index is 458. The Balaban J connectivity index is 2.07. The van der Waals surface area contributed by atoms with Gasteiger partial charge in [-0.1, -0.05) is 0 Å². The summed E-state index contributed by atoms with van der Waals surface area (Å²) in [6, 6.07) is 3.06. The van der Waals surface area contributed by atoms with Gasteiger partial charge < -0.3 is 9.80 Å². The number of Topliss-reactive ketones (excluding diaryl/α,β-unsaturated/α-hetero) is 1. The molecule has 2 rings (SSSR count). The summed E-state index contributed by atoms with van der Waals surface area (Å²) in [5.74, 6) is -1.64. The molecule has 0 amide bonds. The quantitative estimate of drug-likeness (QED) is 0.781. The summed E-state index contributed by atoms with van der Waals surface area (Å²) in [5, 5.41) is 0. The van der Waals surface area contributed by atoms with Crippen LogP contribution in [0, 0.1) is 11.6 Å². The monoisotopic (exact) mass is 268 g/mol. The van der Waals surface area contributed by atoms with Crippen molar-refractivity contribution in [1.29, 1.82) is 0 Å². The maximum atomic E-state index is 13.1. The number of likely N-dealkylation sites (N-methyl/N-ethyl adjacent to an activating group) is 2. The van der Waals surface area contributed by atoms with Crippen LogP contribution in [0.2, 0.25) is 0 Å². The lowest BCUT2D eigenvalue weighted by Crippen LogP contribution is -2.50. The van der Waals surface area contributed by atoms with Crippen LogP contribution in [-0.4, -0.2) is 55.4 Å². The van der Waals surface area contributed by atoms with Gasteiger partial charge in [0.05, 0.1) is 0 Å². The average Bonchev–Trinajstić information content (AvgIpc) is 2.32. The lowest BCUT2D eigenvalue weighted by atomic mass is 10.0. The molecule has 0 saturated carbocycles. The Morgan fingerprint density at radius 2 is 1.84 bits per heavy atom. The Morgan fingerprint density at radius 3 is 2.47 bits per heavy atom. The molecule has 0 aliphatic carbocycles. The van der Waals surface area contributed by atoms with Gasteiger partial charge in [-0.05, 0) is 26.2 Å². The molecule has 1 saturated heterocycles. The van der Waals surface area contributed by atoms with Crippen LogP contribution < -0.4 is 0 Å². The maximum absolute atomic E-state index is 13.1. The van der Waals surface area contributed by atoms with Crippen LogP contribution in [0.4, 0.5) is 8.78 Å². The fraction of sp³-hybridized carbons (Fsp3) is 0.500. The van der Waals surface area contributed by atoms with Crippen LogP contribution >= 0.6 is 0 Å². The topological polar surface area (TPSA) is 23.6 Å². The fourth-order valence-electron chi connectivity index (χ4n) is 2.37. The smallest absolute Gasteiger partial charge is 0.164 e. The van der Waals surface area contributed by atoms with Crippen LogP contribution in [0.15, 0.2) is 18.2 Å². The Kier molecular flexibility index (Phi) is 4.27. The van der Waals surface area contributed by atoms with Crippen molar-refractivity contribution in [3.05, 3.63) is 35.4 Å². The Morgan fingerprint density at radius 1 is 1.21 bits per heavy atom. The van der Waals surface area contributed by atoms with Gasteiger partial charge in [-0.2, -0.15) is 0 Å². The number of carbonyl (C=O) groups is 1. The number of carbonyl (C=O) groups excluding carboxylic acids is 1. The van der Waals surface area contributed by atoms with E-state index in [1.807, 2.05) is 14.1 Å². The summed E-state index contributed by atoms with van der Waals surface area (Å²) < 4.78 is 26.2. The van der Waals surface area contributed by atoms with E-state index in [1.165, 1.54) is 0 Å². The molecule has 1 unspecified atom stereocenters. The Hall–Kier alpha value is -1.33. The van der Waals surface area contributed by atoms with E-state index in [2.05, 4.69) is 9.80 Å². The van der Waals surface area contributed by atoms with E-state index in [0.717, 1.165) is 37.8 Å². The molecule has 1 aromatic rings. The first-order valence-electron chi connectivity index (χ1n) is 6.34. The van der Waals surface area contributed by atoms with Gasteiger partial charge in [0.1, 0.15) is 11.6 Å². The summed E-state index contributed by atoms with van der Waals surface area (Å²) >= 11 is 0. The third-order valence-electron chi connectivity index (χ3n) is 3.59. The first kappa shape index (κ1) is 14.1. The third kappa shape index (κ3) is 3.58. The number of piperazine rings is 1. The zero-order valence-corrected chi connectivity index (χ0v) is 11.2. The lowest BCUT2D eigenvalue weighted by molar-refractivity contribution is 0.0809. The predicted octanol–water partition coefficient (Wildman–Crippen LogP) is 1.78. The minimum Gasteiger partial charge on any atom is -0.304 e. The van der Waals surface area contributed by atoms with E-state index in [0.29, 0.717) is 0 Å². The van der Waals surface area contributed by atoms with Crippen LogP contribution in [0.1, 0.15) is 16.8 Å². The summed E-state index contributed by atoms with van der Waals surface area (Å²) in [7, 11) is 3.98. The molecule has 0 aromatic heterocycles. The molecule has 1 aliphatic rings. The predicted molar refractivity (Wildman–Crippen MR) is 69.2 cm³/mol. The van der Waals surface area contributed by atoms with Crippen molar-refractivity contribution in [3.8, 4) is 0 Å². The van der Waals surface area contributed by atoms with Gasteiger partial charge in [0.25, 0.3) is 0 Å². The second-order valence-corrected chi connectivity index (χ2v) is 5.18. The van der Waals surface area contributed by atoms with Crippen LogP contribution in [-0.2, 0) is 0 Å². The summed E-state index contributed by atoms with van der Waals surface area (Å²) in [6.45, 7) is 2.65. The van der Waals surface area contributed by atoms with E-state index in [9.17, 15) is 13.6 Å². The Labute approximate surface area is 111 Å². The highest BCUT2D eigenvalue weighted by atomic mass is 19.1.